The van der Waals surface area contributed by atoms with E-state index < -0.39 is 0 Å². The standard InChI is InChI=1S/C24H27N7OS/c1-24(2,3)19-13-33-23(28-19)31-20-18(21(32)30(31)17-6-7-17)12-26-22(29-20)27-16-5-4-14-8-9-25-11-15(14)10-16/h4-5,10,12-13,17,25H,6-9,11H2,1-3H3,(H,26,27,29). The lowest BCUT2D eigenvalue weighted by molar-refractivity contribution is 0.546. The van der Waals surface area contributed by atoms with Crippen molar-refractivity contribution in [2.75, 3.05) is 11.9 Å². The minimum atomic E-state index is -0.0641. The second-order valence-electron chi connectivity index (χ2n) is 9.92. The largest absolute Gasteiger partial charge is 0.324 e. The fourth-order valence-electron chi connectivity index (χ4n) is 4.29. The smallest absolute Gasteiger partial charge is 0.278 e. The Balaban J connectivity index is 1.44. The van der Waals surface area contributed by atoms with Crippen LogP contribution in [0.25, 0.3) is 16.2 Å². The summed E-state index contributed by atoms with van der Waals surface area (Å²) in [6.07, 6.45) is 4.68. The van der Waals surface area contributed by atoms with Gasteiger partial charge in [-0.1, -0.05) is 26.8 Å². The summed E-state index contributed by atoms with van der Waals surface area (Å²) < 4.78 is 3.72. The molecule has 170 valence electrons. The molecule has 1 aromatic carbocycles. The van der Waals surface area contributed by atoms with E-state index in [1.54, 1.807) is 17.5 Å². The summed E-state index contributed by atoms with van der Waals surface area (Å²) in [6.45, 7) is 8.32. The molecule has 33 heavy (non-hydrogen) atoms. The fourth-order valence-corrected chi connectivity index (χ4v) is 5.33. The fraction of sp³-hybridized carbons (Fsp3) is 0.417. The molecule has 1 aliphatic carbocycles. The second kappa shape index (κ2) is 7.50. The predicted octanol–water partition coefficient (Wildman–Crippen LogP) is 4.06. The lowest BCUT2D eigenvalue weighted by Gasteiger charge is -2.18. The summed E-state index contributed by atoms with van der Waals surface area (Å²) in [6, 6.07) is 6.57. The minimum absolute atomic E-state index is 0.0496. The molecular weight excluding hydrogens is 434 g/mol. The third kappa shape index (κ3) is 3.65. The summed E-state index contributed by atoms with van der Waals surface area (Å²) in [5, 5.41) is 10.1. The van der Waals surface area contributed by atoms with Gasteiger partial charge in [0.05, 0.1) is 11.7 Å². The first-order valence-electron chi connectivity index (χ1n) is 11.4. The van der Waals surface area contributed by atoms with Crippen LogP contribution in [0.3, 0.4) is 0 Å². The van der Waals surface area contributed by atoms with E-state index in [1.807, 2.05) is 9.36 Å². The molecule has 0 radical (unpaired) electrons. The van der Waals surface area contributed by atoms with Crippen molar-refractivity contribution in [3.8, 4) is 5.13 Å². The molecule has 0 spiro atoms. The Labute approximate surface area is 195 Å². The van der Waals surface area contributed by atoms with Gasteiger partial charge in [-0.2, -0.15) is 4.98 Å². The summed E-state index contributed by atoms with van der Waals surface area (Å²) in [4.78, 5) is 27.4. The molecular formula is C24H27N7OS. The van der Waals surface area contributed by atoms with Crippen LogP contribution in [0.2, 0.25) is 0 Å². The van der Waals surface area contributed by atoms with E-state index in [0.717, 1.165) is 48.9 Å². The van der Waals surface area contributed by atoms with Gasteiger partial charge in [0, 0.05) is 29.2 Å². The van der Waals surface area contributed by atoms with Crippen LogP contribution in [-0.4, -0.2) is 30.9 Å². The van der Waals surface area contributed by atoms with Crippen LogP contribution in [0.5, 0.6) is 0 Å². The van der Waals surface area contributed by atoms with E-state index in [-0.39, 0.29) is 17.0 Å². The van der Waals surface area contributed by atoms with Crippen LogP contribution < -0.4 is 16.2 Å². The minimum Gasteiger partial charge on any atom is -0.324 e. The van der Waals surface area contributed by atoms with Crippen molar-refractivity contribution < 1.29 is 0 Å². The van der Waals surface area contributed by atoms with E-state index in [2.05, 4.69) is 60.0 Å². The zero-order valence-electron chi connectivity index (χ0n) is 19.1. The van der Waals surface area contributed by atoms with Crippen molar-refractivity contribution in [2.24, 2.45) is 0 Å². The molecule has 0 bridgehead atoms. The quantitative estimate of drug-likeness (QED) is 0.476. The van der Waals surface area contributed by atoms with Gasteiger partial charge >= 0.3 is 0 Å². The molecule has 9 heteroatoms. The summed E-state index contributed by atoms with van der Waals surface area (Å²) in [5.41, 5.74) is 5.10. The van der Waals surface area contributed by atoms with Crippen LogP contribution in [0, 0.1) is 0 Å². The van der Waals surface area contributed by atoms with Crippen LogP contribution in [-0.2, 0) is 18.4 Å². The summed E-state index contributed by atoms with van der Waals surface area (Å²) in [7, 11) is 0. The van der Waals surface area contributed by atoms with Gasteiger partial charge in [0.15, 0.2) is 5.65 Å². The summed E-state index contributed by atoms with van der Waals surface area (Å²) >= 11 is 1.55. The lowest BCUT2D eigenvalue weighted by Crippen LogP contribution is -2.23. The highest BCUT2D eigenvalue weighted by Gasteiger charge is 2.32. The molecule has 4 heterocycles. The van der Waals surface area contributed by atoms with Gasteiger partial charge in [0.25, 0.3) is 5.56 Å². The molecule has 4 aromatic rings. The number of hydrogen-bond acceptors (Lipinski definition) is 7. The number of anilines is 2. The Bertz CT molecular complexity index is 1420. The van der Waals surface area contributed by atoms with Gasteiger partial charge in [-0.3, -0.25) is 4.79 Å². The van der Waals surface area contributed by atoms with E-state index in [1.165, 1.54) is 11.1 Å². The number of thiazole rings is 1. The highest BCUT2D eigenvalue weighted by atomic mass is 32.1. The zero-order chi connectivity index (χ0) is 22.7. The Kier molecular flexibility index (Phi) is 4.67. The Morgan fingerprint density at radius 2 is 2.03 bits per heavy atom. The number of rotatable bonds is 4. The van der Waals surface area contributed by atoms with Crippen molar-refractivity contribution in [3.63, 3.8) is 0 Å². The molecule has 3 aromatic heterocycles. The van der Waals surface area contributed by atoms with Gasteiger partial charge in [-0.25, -0.2) is 19.3 Å². The van der Waals surface area contributed by atoms with Gasteiger partial charge in [0.2, 0.25) is 11.1 Å². The van der Waals surface area contributed by atoms with Gasteiger partial charge in [0.1, 0.15) is 5.39 Å². The van der Waals surface area contributed by atoms with Crippen molar-refractivity contribution >= 4 is 34.0 Å². The lowest BCUT2D eigenvalue weighted by atomic mass is 9.93. The van der Waals surface area contributed by atoms with Crippen LogP contribution in [0.15, 0.2) is 34.6 Å². The number of benzene rings is 1. The molecule has 8 nitrogen and oxygen atoms in total. The molecule has 2 N–H and O–H groups in total. The average molecular weight is 462 g/mol. The molecule has 1 saturated carbocycles. The van der Waals surface area contributed by atoms with Crippen molar-refractivity contribution in [2.45, 2.75) is 58.0 Å². The maximum atomic E-state index is 13.2. The number of nitrogens with zero attached hydrogens (tertiary/aromatic N) is 5. The van der Waals surface area contributed by atoms with Crippen LogP contribution in [0.1, 0.15) is 56.5 Å². The maximum absolute atomic E-state index is 13.2. The molecule has 0 unspecified atom stereocenters. The van der Waals surface area contributed by atoms with E-state index in [9.17, 15) is 4.79 Å². The topological polar surface area (TPSA) is 89.7 Å². The first-order valence-corrected chi connectivity index (χ1v) is 12.3. The molecule has 1 fully saturated rings. The molecule has 0 amide bonds. The Morgan fingerprint density at radius 3 is 2.79 bits per heavy atom. The summed E-state index contributed by atoms with van der Waals surface area (Å²) in [5.74, 6) is 0.473. The van der Waals surface area contributed by atoms with Gasteiger partial charge < -0.3 is 10.6 Å². The molecule has 0 saturated heterocycles. The van der Waals surface area contributed by atoms with Crippen LogP contribution in [0.4, 0.5) is 11.6 Å². The normalized spacial score (nSPS) is 16.2. The van der Waals surface area contributed by atoms with Crippen LogP contribution >= 0.6 is 11.3 Å². The van der Waals surface area contributed by atoms with Crippen molar-refractivity contribution in [1.82, 2.24) is 29.6 Å². The van der Waals surface area contributed by atoms with E-state index >= 15 is 0 Å². The van der Waals surface area contributed by atoms with E-state index in [0.29, 0.717) is 17.0 Å². The third-order valence-electron chi connectivity index (χ3n) is 6.31. The van der Waals surface area contributed by atoms with E-state index in [4.69, 9.17) is 9.97 Å². The van der Waals surface area contributed by atoms with Gasteiger partial charge in [-0.15, -0.1) is 11.3 Å². The number of hydrogen-bond donors (Lipinski definition) is 2. The molecule has 0 atom stereocenters. The molecule has 1 aliphatic heterocycles. The monoisotopic (exact) mass is 461 g/mol. The SMILES string of the molecule is CC(C)(C)c1csc(-n2c3nc(Nc4ccc5c(c4)CNCC5)ncc3c(=O)n2C2CC2)n1. The highest BCUT2D eigenvalue weighted by Crippen LogP contribution is 2.36. The van der Waals surface area contributed by atoms with Gasteiger partial charge in [-0.05, 0) is 49.1 Å². The zero-order valence-corrected chi connectivity index (χ0v) is 19.9. The molecule has 2 aliphatic rings. The number of aromatic nitrogens is 5. The highest BCUT2D eigenvalue weighted by molar-refractivity contribution is 7.12. The Morgan fingerprint density at radius 1 is 1.18 bits per heavy atom. The predicted molar refractivity (Wildman–Crippen MR) is 131 cm³/mol. The Hall–Kier alpha value is -3.04. The average Bonchev–Trinajstić information content (AvgIpc) is 3.42. The van der Waals surface area contributed by atoms with Crippen molar-refractivity contribution in [1.29, 1.82) is 0 Å². The molecule has 6 rings (SSSR count). The number of nitrogens with one attached hydrogen (secondary N) is 2. The van der Waals surface area contributed by atoms with Crippen molar-refractivity contribution in [3.05, 3.63) is 57.0 Å². The maximum Gasteiger partial charge on any atom is 0.278 e. The second-order valence-corrected chi connectivity index (χ2v) is 10.8. The third-order valence-corrected chi connectivity index (χ3v) is 7.12. The first kappa shape index (κ1) is 20.6. The number of fused-ring (bicyclic) bond motifs is 2. The first-order chi connectivity index (χ1) is 15.9.